The molecule has 3 rings (SSSR count). The molecule has 2 aromatic rings. The summed E-state index contributed by atoms with van der Waals surface area (Å²) in [6.45, 7) is 3.62. The SMILES string of the molecule is COc1ccc(NC(=O)N(C)Cc2ccccc2CN2CCCC2)c(F)c1. The molecule has 2 amide bonds. The first-order valence-corrected chi connectivity index (χ1v) is 9.21. The number of nitrogens with zero attached hydrogens (tertiary/aromatic N) is 2. The molecule has 0 aliphatic carbocycles. The van der Waals surface area contributed by atoms with Gasteiger partial charge in [-0.05, 0) is 49.2 Å². The lowest BCUT2D eigenvalue weighted by molar-refractivity contribution is 0.220. The standard InChI is InChI=1S/C21H26FN3O2/c1-24(21(26)23-20-10-9-18(27-2)13-19(20)22)14-16-7-3-4-8-17(16)15-25-11-5-6-12-25/h3-4,7-10,13H,5-6,11-12,14-15H2,1-2H3,(H,23,26). The van der Waals surface area contributed by atoms with E-state index in [2.05, 4.69) is 16.3 Å². The molecular weight excluding hydrogens is 345 g/mol. The van der Waals surface area contributed by atoms with Crippen LogP contribution in [0.5, 0.6) is 5.75 Å². The number of methoxy groups -OCH3 is 1. The molecule has 0 atom stereocenters. The fourth-order valence-corrected chi connectivity index (χ4v) is 3.31. The molecule has 0 spiro atoms. The second kappa shape index (κ2) is 8.86. The van der Waals surface area contributed by atoms with Crippen molar-refractivity contribution in [3.05, 3.63) is 59.4 Å². The minimum Gasteiger partial charge on any atom is -0.497 e. The zero-order valence-electron chi connectivity index (χ0n) is 15.9. The molecule has 27 heavy (non-hydrogen) atoms. The van der Waals surface area contributed by atoms with Gasteiger partial charge in [0.15, 0.2) is 0 Å². The minimum atomic E-state index is -0.523. The van der Waals surface area contributed by atoms with Crippen molar-refractivity contribution < 1.29 is 13.9 Å². The van der Waals surface area contributed by atoms with Gasteiger partial charge in [-0.25, -0.2) is 9.18 Å². The van der Waals surface area contributed by atoms with Crippen LogP contribution in [0.2, 0.25) is 0 Å². The van der Waals surface area contributed by atoms with Gasteiger partial charge in [0.05, 0.1) is 12.8 Å². The second-order valence-electron chi connectivity index (χ2n) is 6.88. The first-order valence-electron chi connectivity index (χ1n) is 9.21. The summed E-state index contributed by atoms with van der Waals surface area (Å²) in [5.41, 5.74) is 2.48. The third-order valence-corrected chi connectivity index (χ3v) is 4.88. The fraction of sp³-hybridized carbons (Fsp3) is 0.381. The first kappa shape index (κ1) is 19.2. The number of carbonyl (C=O) groups is 1. The van der Waals surface area contributed by atoms with Crippen molar-refractivity contribution in [1.29, 1.82) is 0 Å². The summed E-state index contributed by atoms with van der Waals surface area (Å²) in [7, 11) is 3.18. The van der Waals surface area contributed by atoms with Gasteiger partial charge in [0, 0.05) is 26.2 Å². The Labute approximate surface area is 159 Å². The summed E-state index contributed by atoms with van der Waals surface area (Å²) in [6.07, 6.45) is 2.50. The van der Waals surface area contributed by atoms with Crippen molar-refractivity contribution in [2.45, 2.75) is 25.9 Å². The van der Waals surface area contributed by atoms with Crippen molar-refractivity contribution in [2.24, 2.45) is 0 Å². The molecule has 0 saturated carbocycles. The number of anilines is 1. The average molecular weight is 371 g/mol. The lowest BCUT2D eigenvalue weighted by atomic mass is 10.1. The van der Waals surface area contributed by atoms with Crippen molar-refractivity contribution >= 4 is 11.7 Å². The normalized spacial score (nSPS) is 14.2. The van der Waals surface area contributed by atoms with Crippen LogP contribution in [0, 0.1) is 5.82 Å². The predicted molar refractivity (Wildman–Crippen MR) is 104 cm³/mol. The molecule has 1 fully saturated rings. The molecule has 1 saturated heterocycles. The van der Waals surface area contributed by atoms with E-state index in [1.165, 1.54) is 37.6 Å². The quantitative estimate of drug-likeness (QED) is 0.832. The van der Waals surface area contributed by atoms with Crippen LogP contribution in [-0.2, 0) is 13.1 Å². The molecule has 1 heterocycles. The van der Waals surface area contributed by atoms with Crippen molar-refractivity contribution in [3.8, 4) is 5.75 Å². The Morgan fingerprint density at radius 1 is 1.19 bits per heavy atom. The molecular formula is C21H26FN3O2. The number of benzene rings is 2. The molecule has 0 aromatic heterocycles. The highest BCUT2D eigenvalue weighted by Crippen LogP contribution is 2.21. The molecule has 1 aliphatic rings. The van der Waals surface area contributed by atoms with Crippen LogP contribution in [0.4, 0.5) is 14.9 Å². The van der Waals surface area contributed by atoms with E-state index in [4.69, 9.17) is 4.74 Å². The van der Waals surface area contributed by atoms with Crippen molar-refractivity contribution in [3.63, 3.8) is 0 Å². The molecule has 0 bridgehead atoms. The van der Waals surface area contributed by atoms with Gasteiger partial charge < -0.3 is 15.0 Å². The van der Waals surface area contributed by atoms with Gasteiger partial charge in [-0.2, -0.15) is 0 Å². The lowest BCUT2D eigenvalue weighted by Gasteiger charge is -2.22. The highest BCUT2D eigenvalue weighted by molar-refractivity contribution is 5.89. The molecule has 0 unspecified atom stereocenters. The van der Waals surface area contributed by atoms with Gasteiger partial charge in [-0.3, -0.25) is 4.90 Å². The molecule has 1 aliphatic heterocycles. The van der Waals surface area contributed by atoms with E-state index in [1.807, 2.05) is 18.2 Å². The number of amides is 2. The van der Waals surface area contributed by atoms with Crippen LogP contribution in [0.15, 0.2) is 42.5 Å². The van der Waals surface area contributed by atoms with Gasteiger partial charge in [-0.1, -0.05) is 24.3 Å². The Hall–Kier alpha value is -2.60. The number of hydrogen-bond acceptors (Lipinski definition) is 3. The molecule has 144 valence electrons. The Morgan fingerprint density at radius 3 is 2.56 bits per heavy atom. The van der Waals surface area contributed by atoms with E-state index >= 15 is 0 Å². The summed E-state index contributed by atoms with van der Waals surface area (Å²) < 4.78 is 19.0. The van der Waals surface area contributed by atoms with Crippen molar-refractivity contribution in [1.82, 2.24) is 9.80 Å². The maximum absolute atomic E-state index is 14.1. The maximum Gasteiger partial charge on any atom is 0.321 e. The summed E-state index contributed by atoms with van der Waals surface area (Å²) in [6, 6.07) is 12.2. The van der Waals surface area contributed by atoms with E-state index in [0.717, 1.165) is 25.2 Å². The van der Waals surface area contributed by atoms with Gasteiger partial charge >= 0.3 is 6.03 Å². The molecule has 6 heteroatoms. The number of rotatable bonds is 6. The molecule has 5 nitrogen and oxygen atoms in total. The fourth-order valence-electron chi connectivity index (χ4n) is 3.31. The average Bonchev–Trinajstić information content (AvgIpc) is 3.18. The van der Waals surface area contributed by atoms with E-state index in [-0.39, 0.29) is 11.7 Å². The largest absolute Gasteiger partial charge is 0.497 e. The molecule has 2 aromatic carbocycles. The summed E-state index contributed by atoms with van der Waals surface area (Å²) >= 11 is 0. The number of halogens is 1. The van der Waals surface area contributed by atoms with Gasteiger partial charge in [0.1, 0.15) is 11.6 Å². The maximum atomic E-state index is 14.1. The van der Waals surface area contributed by atoms with Crippen LogP contribution >= 0.6 is 0 Å². The molecule has 1 N–H and O–H groups in total. The zero-order chi connectivity index (χ0) is 19.2. The van der Waals surface area contributed by atoms with Crippen LogP contribution in [-0.4, -0.2) is 43.1 Å². The van der Waals surface area contributed by atoms with E-state index in [1.54, 1.807) is 18.0 Å². The Kier molecular flexibility index (Phi) is 6.29. The number of urea groups is 1. The van der Waals surface area contributed by atoms with Crippen LogP contribution in [0.25, 0.3) is 0 Å². The molecule has 0 radical (unpaired) electrons. The third-order valence-electron chi connectivity index (χ3n) is 4.88. The van der Waals surface area contributed by atoms with E-state index in [9.17, 15) is 9.18 Å². The Morgan fingerprint density at radius 2 is 1.89 bits per heavy atom. The third kappa shape index (κ3) is 4.98. The number of carbonyl (C=O) groups excluding carboxylic acids is 1. The summed E-state index contributed by atoms with van der Waals surface area (Å²) in [5, 5.41) is 2.62. The topological polar surface area (TPSA) is 44.8 Å². The van der Waals surface area contributed by atoms with E-state index in [0.29, 0.717) is 12.3 Å². The van der Waals surface area contributed by atoms with Crippen LogP contribution in [0.3, 0.4) is 0 Å². The highest BCUT2D eigenvalue weighted by Gasteiger charge is 2.16. The van der Waals surface area contributed by atoms with Gasteiger partial charge in [0.25, 0.3) is 0 Å². The van der Waals surface area contributed by atoms with Crippen molar-refractivity contribution in [2.75, 3.05) is 32.6 Å². The van der Waals surface area contributed by atoms with Crippen LogP contribution in [0.1, 0.15) is 24.0 Å². The van der Waals surface area contributed by atoms with Crippen LogP contribution < -0.4 is 10.1 Å². The van der Waals surface area contributed by atoms with Gasteiger partial charge in [0.2, 0.25) is 0 Å². The number of hydrogen-bond donors (Lipinski definition) is 1. The number of ether oxygens (including phenoxy) is 1. The predicted octanol–water partition coefficient (Wildman–Crippen LogP) is 4.09. The Bertz CT molecular complexity index is 791. The van der Waals surface area contributed by atoms with Gasteiger partial charge in [-0.15, -0.1) is 0 Å². The lowest BCUT2D eigenvalue weighted by Crippen LogP contribution is -2.31. The zero-order valence-corrected chi connectivity index (χ0v) is 15.9. The Balaban J connectivity index is 1.64. The minimum absolute atomic E-state index is 0.137. The number of nitrogens with one attached hydrogen (secondary N) is 1. The monoisotopic (exact) mass is 371 g/mol. The smallest absolute Gasteiger partial charge is 0.321 e. The summed E-state index contributed by atoms with van der Waals surface area (Å²) in [5.74, 6) is -0.111. The van der Waals surface area contributed by atoms with E-state index < -0.39 is 5.82 Å². The highest BCUT2D eigenvalue weighted by atomic mass is 19.1. The summed E-state index contributed by atoms with van der Waals surface area (Å²) in [4.78, 5) is 16.5. The second-order valence-corrected chi connectivity index (χ2v) is 6.88. The number of likely N-dealkylation sites (tertiary alicyclic amines) is 1. The first-order chi connectivity index (χ1) is 13.1.